The smallest absolute Gasteiger partial charge is 0.254 e. The summed E-state index contributed by atoms with van der Waals surface area (Å²) < 4.78 is 25.5. The predicted molar refractivity (Wildman–Crippen MR) is 99.1 cm³/mol. The van der Waals surface area contributed by atoms with Gasteiger partial charge in [0.1, 0.15) is 0 Å². The lowest BCUT2D eigenvalue weighted by Gasteiger charge is -2.25. The Morgan fingerprint density at radius 1 is 1.16 bits per heavy atom. The van der Waals surface area contributed by atoms with Gasteiger partial charge in [-0.3, -0.25) is 9.52 Å². The number of nitrogens with one attached hydrogen (secondary N) is 1. The maximum absolute atomic E-state index is 13.0. The molecule has 25 heavy (non-hydrogen) atoms. The van der Waals surface area contributed by atoms with Gasteiger partial charge in [-0.05, 0) is 43.0 Å². The van der Waals surface area contributed by atoms with Crippen LogP contribution in [0.15, 0.2) is 48.5 Å². The minimum absolute atomic E-state index is 0.0668. The standard InChI is InChI=1S/C19H22N2O3S/c1-14-10-11-16(13-17(14)20-25(2,23)24)19(22)21-12-6-9-18(21)15-7-4-3-5-8-15/h3-5,7-8,10-11,13,18,20H,6,9,12H2,1-2H3. The molecule has 1 amide bonds. The van der Waals surface area contributed by atoms with Crippen LogP contribution in [0, 0.1) is 6.92 Å². The minimum Gasteiger partial charge on any atom is -0.332 e. The van der Waals surface area contributed by atoms with Gasteiger partial charge in [-0.1, -0.05) is 36.4 Å². The molecular formula is C19H22N2O3S. The first-order chi connectivity index (χ1) is 11.8. The second-order valence-electron chi connectivity index (χ2n) is 6.47. The number of carbonyl (C=O) groups is 1. The predicted octanol–water partition coefficient (Wildman–Crippen LogP) is 3.34. The number of nitrogens with zero attached hydrogens (tertiary/aromatic N) is 1. The van der Waals surface area contributed by atoms with Crippen molar-refractivity contribution in [1.82, 2.24) is 4.90 Å². The van der Waals surface area contributed by atoms with Crippen LogP contribution in [0.25, 0.3) is 0 Å². The summed E-state index contributed by atoms with van der Waals surface area (Å²) >= 11 is 0. The van der Waals surface area contributed by atoms with E-state index in [9.17, 15) is 13.2 Å². The highest BCUT2D eigenvalue weighted by Crippen LogP contribution is 2.33. The Bertz CT molecular complexity index is 879. The number of hydrogen-bond donors (Lipinski definition) is 1. The van der Waals surface area contributed by atoms with Gasteiger partial charge in [0.15, 0.2) is 0 Å². The number of anilines is 1. The first kappa shape index (κ1) is 17.5. The summed E-state index contributed by atoms with van der Waals surface area (Å²) in [7, 11) is -3.39. The summed E-state index contributed by atoms with van der Waals surface area (Å²) in [4.78, 5) is 14.9. The number of carbonyl (C=O) groups excluding carboxylic acids is 1. The van der Waals surface area contributed by atoms with Crippen LogP contribution < -0.4 is 4.72 Å². The topological polar surface area (TPSA) is 66.5 Å². The summed E-state index contributed by atoms with van der Waals surface area (Å²) in [6, 6.07) is 15.2. The number of benzene rings is 2. The third kappa shape index (κ3) is 4.02. The highest BCUT2D eigenvalue weighted by atomic mass is 32.2. The van der Waals surface area contributed by atoms with Gasteiger partial charge >= 0.3 is 0 Å². The van der Waals surface area contributed by atoms with E-state index in [2.05, 4.69) is 4.72 Å². The molecule has 1 fully saturated rings. The van der Waals surface area contributed by atoms with Crippen LogP contribution in [-0.4, -0.2) is 32.0 Å². The van der Waals surface area contributed by atoms with Gasteiger partial charge in [-0.25, -0.2) is 8.42 Å². The maximum atomic E-state index is 13.0. The van der Waals surface area contributed by atoms with Gasteiger partial charge in [-0.15, -0.1) is 0 Å². The van der Waals surface area contributed by atoms with Crippen LogP contribution in [0.1, 0.15) is 40.4 Å². The maximum Gasteiger partial charge on any atom is 0.254 e. The van der Waals surface area contributed by atoms with Crippen molar-refractivity contribution < 1.29 is 13.2 Å². The van der Waals surface area contributed by atoms with E-state index in [4.69, 9.17) is 0 Å². The molecule has 2 aromatic rings. The molecule has 1 aliphatic rings. The van der Waals surface area contributed by atoms with Crippen LogP contribution in [0.5, 0.6) is 0 Å². The van der Waals surface area contributed by atoms with Gasteiger partial charge < -0.3 is 4.90 Å². The monoisotopic (exact) mass is 358 g/mol. The molecule has 1 aliphatic heterocycles. The van der Waals surface area contributed by atoms with Gasteiger partial charge in [0.05, 0.1) is 18.0 Å². The largest absolute Gasteiger partial charge is 0.332 e. The molecule has 1 heterocycles. The Labute approximate surface area is 148 Å². The number of rotatable bonds is 4. The summed E-state index contributed by atoms with van der Waals surface area (Å²) in [6.45, 7) is 2.52. The molecule has 1 unspecified atom stereocenters. The normalized spacial score (nSPS) is 17.5. The van der Waals surface area contributed by atoms with E-state index in [1.807, 2.05) is 42.2 Å². The fraction of sp³-hybridized carbons (Fsp3) is 0.316. The number of aryl methyl sites for hydroxylation is 1. The fourth-order valence-corrected chi connectivity index (χ4v) is 3.88. The molecule has 6 heteroatoms. The Kier molecular flexibility index (Phi) is 4.81. The van der Waals surface area contributed by atoms with E-state index < -0.39 is 10.0 Å². The molecule has 0 aliphatic carbocycles. The lowest BCUT2D eigenvalue weighted by molar-refractivity contribution is 0.0735. The molecule has 0 radical (unpaired) electrons. The van der Waals surface area contributed by atoms with Crippen molar-refractivity contribution >= 4 is 21.6 Å². The van der Waals surface area contributed by atoms with Gasteiger partial charge in [0.25, 0.3) is 5.91 Å². The molecule has 1 atom stereocenters. The number of sulfonamides is 1. The lowest BCUT2D eigenvalue weighted by Crippen LogP contribution is -2.30. The fourth-order valence-electron chi connectivity index (χ4n) is 3.26. The van der Waals surface area contributed by atoms with Crippen LogP contribution in [0.3, 0.4) is 0 Å². The number of hydrogen-bond acceptors (Lipinski definition) is 3. The molecule has 0 saturated carbocycles. The third-order valence-corrected chi connectivity index (χ3v) is 5.07. The molecular weight excluding hydrogens is 336 g/mol. The zero-order valence-corrected chi connectivity index (χ0v) is 15.2. The van der Waals surface area contributed by atoms with Crippen molar-refractivity contribution in [2.75, 3.05) is 17.5 Å². The van der Waals surface area contributed by atoms with E-state index >= 15 is 0 Å². The molecule has 1 N–H and O–H groups in total. The van der Waals surface area contributed by atoms with Gasteiger partial charge in [-0.2, -0.15) is 0 Å². The highest BCUT2D eigenvalue weighted by Gasteiger charge is 2.30. The van der Waals surface area contributed by atoms with E-state index in [0.717, 1.165) is 30.2 Å². The van der Waals surface area contributed by atoms with Crippen molar-refractivity contribution in [3.8, 4) is 0 Å². The van der Waals surface area contributed by atoms with Gasteiger partial charge in [0, 0.05) is 12.1 Å². The Morgan fingerprint density at radius 3 is 2.56 bits per heavy atom. The Hall–Kier alpha value is -2.34. The minimum atomic E-state index is -3.39. The molecule has 132 valence electrons. The zero-order chi connectivity index (χ0) is 18.0. The Morgan fingerprint density at radius 2 is 1.88 bits per heavy atom. The third-order valence-electron chi connectivity index (χ3n) is 4.48. The first-order valence-electron chi connectivity index (χ1n) is 8.29. The first-order valence-corrected chi connectivity index (χ1v) is 10.2. The molecule has 0 aromatic heterocycles. The molecule has 5 nitrogen and oxygen atoms in total. The lowest BCUT2D eigenvalue weighted by atomic mass is 10.0. The van der Waals surface area contributed by atoms with Crippen LogP contribution in [0.4, 0.5) is 5.69 Å². The molecule has 0 bridgehead atoms. The molecule has 0 spiro atoms. The van der Waals surface area contributed by atoms with E-state index in [-0.39, 0.29) is 11.9 Å². The van der Waals surface area contributed by atoms with Crippen molar-refractivity contribution in [2.45, 2.75) is 25.8 Å². The van der Waals surface area contributed by atoms with Gasteiger partial charge in [0.2, 0.25) is 10.0 Å². The van der Waals surface area contributed by atoms with E-state index in [1.165, 1.54) is 0 Å². The van der Waals surface area contributed by atoms with Crippen LogP contribution in [-0.2, 0) is 10.0 Å². The zero-order valence-electron chi connectivity index (χ0n) is 14.4. The Balaban J connectivity index is 1.89. The average Bonchev–Trinajstić information content (AvgIpc) is 3.05. The molecule has 2 aromatic carbocycles. The van der Waals surface area contributed by atoms with E-state index in [0.29, 0.717) is 17.8 Å². The quantitative estimate of drug-likeness (QED) is 0.911. The number of amides is 1. The summed E-state index contributed by atoms with van der Waals surface area (Å²) in [5.74, 6) is -0.0668. The molecule has 3 rings (SSSR count). The summed E-state index contributed by atoms with van der Waals surface area (Å²) in [6.07, 6.45) is 3.01. The SMILES string of the molecule is Cc1ccc(C(=O)N2CCCC2c2ccccc2)cc1NS(C)(=O)=O. The van der Waals surface area contributed by atoms with Crippen LogP contribution >= 0.6 is 0 Å². The van der Waals surface area contributed by atoms with Crippen LogP contribution in [0.2, 0.25) is 0 Å². The number of likely N-dealkylation sites (tertiary alicyclic amines) is 1. The second-order valence-corrected chi connectivity index (χ2v) is 8.22. The second kappa shape index (κ2) is 6.88. The average molecular weight is 358 g/mol. The summed E-state index contributed by atoms with van der Waals surface area (Å²) in [5, 5.41) is 0. The summed E-state index contributed by atoms with van der Waals surface area (Å²) in [5.41, 5.74) is 2.86. The molecule has 1 saturated heterocycles. The van der Waals surface area contributed by atoms with Crippen molar-refractivity contribution in [2.24, 2.45) is 0 Å². The van der Waals surface area contributed by atoms with Crippen molar-refractivity contribution in [3.63, 3.8) is 0 Å². The van der Waals surface area contributed by atoms with Crippen molar-refractivity contribution in [1.29, 1.82) is 0 Å². The van der Waals surface area contributed by atoms with Crippen molar-refractivity contribution in [3.05, 3.63) is 65.2 Å². The van der Waals surface area contributed by atoms with E-state index in [1.54, 1.807) is 18.2 Å². The highest BCUT2D eigenvalue weighted by molar-refractivity contribution is 7.92.